The Bertz CT molecular complexity index is 1460. The molecule has 5 heterocycles. The standard InChI is InChI=1S/C29H36N8/c1-18-7-5-6-8-27-24(16-31-36(27)4)26-12-21(11-19(2)32-26)20(3)33-29-35-25-10-9-22(34-23-14-30-15-23)13-28(25)37(29)17-18/h9-13,16,18,23,30,34H,3,5-8,14-15,17H2,1-2,4H3,(H,33,35)/t18-/m1/s1. The van der Waals surface area contributed by atoms with Crippen molar-refractivity contribution in [2.24, 2.45) is 13.0 Å². The van der Waals surface area contributed by atoms with E-state index in [9.17, 15) is 0 Å². The number of imidazole rings is 1. The van der Waals surface area contributed by atoms with Gasteiger partial charge in [0.15, 0.2) is 0 Å². The minimum Gasteiger partial charge on any atom is -0.380 e. The van der Waals surface area contributed by atoms with Gasteiger partial charge in [-0.1, -0.05) is 19.9 Å². The lowest BCUT2D eigenvalue weighted by Gasteiger charge is -2.29. The molecule has 6 rings (SSSR count). The van der Waals surface area contributed by atoms with Crippen molar-refractivity contribution in [1.82, 2.24) is 29.6 Å². The number of hydrogen-bond donors (Lipinski definition) is 3. The van der Waals surface area contributed by atoms with Crippen molar-refractivity contribution in [2.75, 3.05) is 23.7 Å². The third-order valence-electron chi connectivity index (χ3n) is 7.66. The zero-order valence-corrected chi connectivity index (χ0v) is 22.0. The Labute approximate surface area is 218 Å². The van der Waals surface area contributed by atoms with Crippen LogP contribution in [0.4, 0.5) is 11.6 Å². The molecule has 2 aliphatic heterocycles. The SMILES string of the molecule is C=C1Nc2nc3ccc(NC4CNC4)cc3n2C[C@H](C)CCCCc2c(cnn2C)-c2cc1cc(C)n2. The number of fused-ring (bicyclic) bond motifs is 7. The van der Waals surface area contributed by atoms with Crippen LogP contribution in [0.3, 0.4) is 0 Å². The minimum atomic E-state index is 0.489. The molecule has 0 spiro atoms. The van der Waals surface area contributed by atoms with Gasteiger partial charge in [-0.15, -0.1) is 0 Å². The maximum atomic E-state index is 5.00. The number of anilines is 2. The van der Waals surface area contributed by atoms with E-state index in [1.165, 1.54) is 12.1 Å². The smallest absolute Gasteiger partial charge is 0.208 e. The van der Waals surface area contributed by atoms with Crippen LogP contribution in [0.25, 0.3) is 28.0 Å². The van der Waals surface area contributed by atoms with Crippen molar-refractivity contribution in [1.29, 1.82) is 0 Å². The van der Waals surface area contributed by atoms with Crippen LogP contribution in [0.2, 0.25) is 0 Å². The maximum absolute atomic E-state index is 5.00. The first-order valence-electron chi connectivity index (χ1n) is 13.4. The largest absolute Gasteiger partial charge is 0.380 e. The molecule has 37 heavy (non-hydrogen) atoms. The number of nitrogens with zero attached hydrogens (tertiary/aromatic N) is 5. The number of hydrogen-bond acceptors (Lipinski definition) is 6. The molecular weight excluding hydrogens is 460 g/mol. The molecule has 192 valence electrons. The first-order valence-corrected chi connectivity index (χ1v) is 13.4. The van der Waals surface area contributed by atoms with Crippen LogP contribution in [0.1, 0.15) is 43.1 Å². The van der Waals surface area contributed by atoms with E-state index < -0.39 is 0 Å². The molecule has 3 aromatic heterocycles. The average Bonchev–Trinajstić information content (AvgIpc) is 3.38. The van der Waals surface area contributed by atoms with E-state index in [0.29, 0.717) is 12.0 Å². The predicted molar refractivity (Wildman–Crippen MR) is 151 cm³/mol. The van der Waals surface area contributed by atoms with Crippen LogP contribution < -0.4 is 16.0 Å². The highest BCUT2D eigenvalue weighted by Gasteiger charge is 2.20. The molecule has 1 saturated heterocycles. The second-order valence-corrected chi connectivity index (χ2v) is 10.7. The molecule has 2 bridgehead atoms. The number of aromatic nitrogens is 5. The summed E-state index contributed by atoms with van der Waals surface area (Å²) in [5.74, 6) is 1.35. The number of nitrogens with one attached hydrogen (secondary N) is 3. The maximum Gasteiger partial charge on any atom is 0.208 e. The van der Waals surface area contributed by atoms with E-state index in [2.05, 4.69) is 69.5 Å². The van der Waals surface area contributed by atoms with Crippen LogP contribution in [0.5, 0.6) is 0 Å². The van der Waals surface area contributed by atoms with E-state index in [1.807, 2.05) is 24.9 Å². The van der Waals surface area contributed by atoms with Crippen molar-refractivity contribution in [2.45, 2.75) is 52.1 Å². The molecule has 0 saturated carbocycles. The van der Waals surface area contributed by atoms with E-state index in [4.69, 9.17) is 9.97 Å². The third kappa shape index (κ3) is 4.73. The summed E-state index contributed by atoms with van der Waals surface area (Å²) in [5.41, 5.74) is 9.36. The summed E-state index contributed by atoms with van der Waals surface area (Å²) in [6.45, 7) is 11.7. The fourth-order valence-corrected chi connectivity index (χ4v) is 5.47. The van der Waals surface area contributed by atoms with E-state index in [-0.39, 0.29) is 0 Å². The summed E-state index contributed by atoms with van der Waals surface area (Å²) < 4.78 is 4.34. The molecule has 1 fully saturated rings. The molecule has 8 heteroatoms. The average molecular weight is 497 g/mol. The summed E-state index contributed by atoms with van der Waals surface area (Å²) in [7, 11) is 2.03. The Balaban J connectivity index is 1.41. The van der Waals surface area contributed by atoms with Gasteiger partial charge in [0, 0.05) is 60.6 Å². The van der Waals surface area contributed by atoms with Crippen LogP contribution in [-0.2, 0) is 20.0 Å². The third-order valence-corrected chi connectivity index (χ3v) is 7.66. The predicted octanol–water partition coefficient (Wildman–Crippen LogP) is 4.97. The monoisotopic (exact) mass is 496 g/mol. The van der Waals surface area contributed by atoms with E-state index in [0.717, 1.165) is 89.8 Å². The molecule has 0 radical (unpaired) electrons. The first-order chi connectivity index (χ1) is 17.9. The molecule has 1 atom stereocenters. The summed E-state index contributed by atoms with van der Waals surface area (Å²) in [4.78, 5) is 9.87. The highest BCUT2D eigenvalue weighted by Crippen LogP contribution is 2.31. The normalized spacial score (nSPS) is 18.8. The van der Waals surface area contributed by atoms with Crippen molar-refractivity contribution in [3.63, 3.8) is 0 Å². The Morgan fingerprint density at radius 2 is 1.97 bits per heavy atom. The summed E-state index contributed by atoms with van der Waals surface area (Å²) >= 11 is 0. The highest BCUT2D eigenvalue weighted by molar-refractivity contribution is 5.85. The molecule has 0 unspecified atom stereocenters. The number of pyridine rings is 1. The lowest BCUT2D eigenvalue weighted by molar-refractivity contribution is 0.437. The van der Waals surface area contributed by atoms with Gasteiger partial charge in [-0.05, 0) is 62.4 Å². The Hall–Kier alpha value is -3.65. The molecule has 2 aliphatic rings. The van der Waals surface area contributed by atoms with Crippen LogP contribution in [-0.4, -0.2) is 43.4 Å². The molecule has 4 aromatic rings. The molecule has 0 aliphatic carbocycles. The summed E-state index contributed by atoms with van der Waals surface area (Å²) in [6.07, 6.45) is 6.39. The molecule has 1 aromatic carbocycles. The Morgan fingerprint density at radius 3 is 2.78 bits per heavy atom. The van der Waals surface area contributed by atoms with Gasteiger partial charge in [0.25, 0.3) is 0 Å². The molecule has 0 amide bonds. The molecule has 8 nitrogen and oxygen atoms in total. The van der Waals surface area contributed by atoms with Crippen molar-refractivity contribution in [3.8, 4) is 11.3 Å². The zero-order chi connectivity index (χ0) is 25.5. The minimum absolute atomic E-state index is 0.489. The van der Waals surface area contributed by atoms with Gasteiger partial charge >= 0.3 is 0 Å². The van der Waals surface area contributed by atoms with Crippen molar-refractivity contribution >= 4 is 28.4 Å². The topological polar surface area (TPSA) is 84.6 Å². The summed E-state index contributed by atoms with van der Waals surface area (Å²) in [6, 6.07) is 11.2. The Kier molecular flexibility index (Phi) is 6.20. The lowest BCUT2D eigenvalue weighted by atomic mass is 10.0. The lowest BCUT2D eigenvalue weighted by Crippen LogP contribution is -2.51. The number of aryl methyl sites for hydroxylation is 2. The second-order valence-electron chi connectivity index (χ2n) is 10.7. The summed E-state index contributed by atoms with van der Waals surface area (Å²) in [5, 5.41) is 15.1. The van der Waals surface area contributed by atoms with Gasteiger partial charge < -0.3 is 20.5 Å². The van der Waals surface area contributed by atoms with Crippen molar-refractivity contribution in [3.05, 3.63) is 60.1 Å². The first kappa shape index (κ1) is 23.7. The van der Waals surface area contributed by atoms with E-state index in [1.54, 1.807) is 0 Å². The number of rotatable bonds is 2. The van der Waals surface area contributed by atoms with Crippen LogP contribution in [0, 0.1) is 12.8 Å². The molecule has 3 N–H and O–H groups in total. The van der Waals surface area contributed by atoms with Gasteiger partial charge in [0.05, 0.1) is 29.0 Å². The van der Waals surface area contributed by atoms with E-state index >= 15 is 0 Å². The van der Waals surface area contributed by atoms with Crippen LogP contribution in [0.15, 0.2) is 43.1 Å². The van der Waals surface area contributed by atoms with Crippen molar-refractivity contribution < 1.29 is 0 Å². The highest BCUT2D eigenvalue weighted by atomic mass is 15.3. The van der Waals surface area contributed by atoms with Gasteiger partial charge in [-0.2, -0.15) is 5.10 Å². The quantitative estimate of drug-likeness (QED) is 0.363. The fourth-order valence-electron chi connectivity index (χ4n) is 5.47. The van der Waals surface area contributed by atoms with Crippen LogP contribution >= 0.6 is 0 Å². The van der Waals surface area contributed by atoms with Gasteiger partial charge in [-0.25, -0.2) is 4.98 Å². The Morgan fingerprint density at radius 1 is 1.11 bits per heavy atom. The number of benzene rings is 1. The fraction of sp³-hybridized carbons (Fsp3) is 0.414. The van der Waals surface area contributed by atoms with Gasteiger partial charge in [-0.3, -0.25) is 9.67 Å². The second kappa shape index (κ2) is 9.67. The molecular formula is C29H36N8. The van der Waals surface area contributed by atoms with Gasteiger partial charge in [0.2, 0.25) is 5.95 Å². The van der Waals surface area contributed by atoms with Gasteiger partial charge in [0.1, 0.15) is 0 Å². The zero-order valence-electron chi connectivity index (χ0n) is 22.0.